The summed E-state index contributed by atoms with van der Waals surface area (Å²) in [4.78, 5) is 0. The summed E-state index contributed by atoms with van der Waals surface area (Å²) in [5.41, 5.74) is 3.19. The average Bonchev–Trinajstić information content (AvgIpc) is 2.67. The van der Waals surface area contributed by atoms with Gasteiger partial charge in [-0.3, -0.25) is 4.68 Å². The van der Waals surface area contributed by atoms with Crippen LogP contribution in [0, 0.1) is 6.92 Å². The highest BCUT2D eigenvalue weighted by Crippen LogP contribution is 2.28. The lowest BCUT2D eigenvalue weighted by atomic mass is 10.1. The van der Waals surface area contributed by atoms with Crippen LogP contribution in [-0.4, -0.2) is 16.9 Å². The number of para-hydroxylation sites is 1. The minimum Gasteiger partial charge on any atom is -0.496 e. The Balaban J connectivity index is 2.21. The number of nitrogens with zero attached hydrogens (tertiary/aromatic N) is 2. The molecule has 0 aliphatic rings. The highest BCUT2D eigenvalue weighted by Gasteiger charge is 2.12. The summed E-state index contributed by atoms with van der Waals surface area (Å²) in [6.07, 6.45) is 1.99. The predicted octanol–water partition coefficient (Wildman–Crippen LogP) is 2.91. The zero-order valence-corrected chi connectivity index (χ0v) is 11.3. The standard InChI is InChI=1S/C14H19N3O/c1-10(12-7-5-6-8-14(12)18-4)15-13-9-17(3)16-11(13)2/h5-10,15H,1-4H3. The van der Waals surface area contributed by atoms with Gasteiger partial charge in [0.1, 0.15) is 5.75 Å². The molecule has 0 fully saturated rings. The molecule has 0 saturated heterocycles. The molecule has 0 amide bonds. The molecule has 1 N–H and O–H groups in total. The molecular weight excluding hydrogens is 226 g/mol. The number of aromatic nitrogens is 2. The second-order valence-electron chi connectivity index (χ2n) is 4.41. The molecule has 0 aliphatic heterocycles. The summed E-state index contributed by atoms with van der Waals surface area (Å²) in [6.45, 7) is 4.11. The Morgan fingerprint density at radius 3 is 2.67 bits per heavy atom. The molecule has 4 nitrogen and oxygen atoms in total. The molecule has 1 atom stereocenters. The number of hydrogen-bond acceptors (Lipinski definition) is 3. The monoisotopic (exact) mass is 245 g/mol. The first-order chi connectivity index (χ1) is 8.61. The third-order valence-electron chi connectivity index (χ3n) is 2.99. The Labute approximate surface area is 108 Å². The van der Waals surface area contributed by atoms with E-state index in [9.17, 15) is 0 Å². The molecule has 96 valence electrons. The van der Waals surface area contributed by atoms with Crippen LogP contribution in [0.4, 0.5) is 5.69 Å². The van der Waals surface area contributed by atoms with Crippen LogP contribution in [0.5, 0.6) is 5.75 Å². The van der Waals surface area contributed by atoms with Gasteiger partial charge in [-0.05, 0) is 19.9 Å². The molecule has 4 heteroatoms. The van der Waals surface area contributed by atoms with Crippen LogP contribution in [0.25, 0.3) is 0 Å². The van der Waals surface area contributed by atoms with Crippen molar-refractivity contribution in [1.29, 1.82) is 0 Å². The van der Waals surface area contributed by atoms with Gasteiger partial charge in [0.25, 0.3) is 0 Å². The number of aryl methyl sites for hydroxylation is 2. The molecule has 0 spiro atoms. The second-order valence-corrected chi connectivity index (χ2v) is 4.41. The highest BCUT2D eigenvalue weighted by molar-refractivity contribution is 5.49. The third-order valence-corrected chi connectivity index (χ3v) is 2.99. The number of nitrogens with one attached hydrogen (secondary N) is 1. The van der Waals surface area contributed by atoms with E-state index >= 15 is 0 Å². The number of benzene rings is 1. The topological polar surface area (TPSA) is 39.1 Å². The zero-order valence-electron chi connectivity index (χ0n) is 11.3. The van der Waals surface area contributed by atoms with E-state index in [1.807, 2.05) is 43.0 Å². The van der Waals surface area contributed by atoms with E-state index in [4.69, 9.17) is 4.74 Å². The van der Waals surface area contributed by atoms with Gasteiger partial charge < -0.3 is 10.1 Å². The molecule has 0 radical (unpaired) electrons. The van der Waals surface area contributed by atoms with Crippen LogP contribution in [0.2, 0.25) is 0 Å². The molecule has 0 bridgehead atoms. The number of rotatable bonds is 4. The molecule has 1 unspecified atom stereocenters. The second kappa shape index (κ2) is 5.12. The normalized spacial score (nSPS) is 12.2. The minimum absolute atomic E-state index is 0.170. The van der Waals surface area contributed by atoms with Crippen LogP contribution in [0.3, 0.4) is 0 Å². The van der Waals surface area contributed by atoms with E-state index in [0.717, 1.165) is 22.7 Å². The van der Waals surface area contributed by atoms with E-state index in [0.29, 0.717) is 0 Å². The summed E-state index contributed by atoms with van der Waals surface area (Å²) in [7, 11) is 3.62. The van der Waals surface area contributed by atoms with Crippen molar-refractivity contribution in [3.63, 3.8) is 0 Å². The molecular formula is C14H19N3O. The van der Waals surface area contributed by atoms with Crippen LogP contribution < -0.4 is 10.1 Å². The molecule has 0 saturated carbocycles. The van der Waals surface area contributed by atoms with E-state index < -0.39 is 0 Å². The predicted molar refractivity (Wildman–Crippen MR) is 73.0 cm³/mol. The van der Waals surface area contributed by atoms with Crippen molar-refractivity contribution in [1.82, 2.24) is 9.78 Å². The molecule has 2 rings (SSSR count). The fourth-order valence-corrected chi connectivity index (χ4v) is 2.08. The van der Waals surface area contributed by atoms with Gasteiger partial charge in [-0.15, -0.1) is 0 Å². The van der Waals surface area contributed by atoms with Crippen molar-refractivity contribution >= 4 is 5.69 Å². The van der Waals surface area contributed by atoms with E-state index in [1.165, 1.54) is 0 Å². The quantitative estimate of drug-likeness (QED) is 0.900. The van der Waals surface area contributed by atoms with Gasteiger partial charge in [-0.1, -0.05) is 18.2 Å². The maximum atomic E-state index is 5.38. The smallest absolute Gasteiger partial charge is 0.124 e. The summed E-state index contributed by atoms with van der Waals surface area (Å²) >= 11 is 0. The fourth-order valence-electron chi connectivity index (χ4n) is 2.08. The Morgan fingerprint density at radius 1 is 1.33 bits per heavy atom. The Kier molecular flexibility index (Phi) is 3.55. The van der Waals surface area contributed by atoms with Gasteiger partial charge in [0, 0.05) is 18.8 Å². The van der Waals surface area contributed by atoms with Gasteiger partial charge >= 0.3 is 0 Å². The molecule has 0 aliphatic carbocycles. The summed E-state index contributed by atoms with van der Waals surface area (Å²) in [5.74, 6) is 0.902. The fraction of sp³-hybridized carbons (Fsp3) is 0.357. The number of ether oxygens (including phenoxy) is 1. The molecule has 1 aromatic carbocycles. The first-order valence-electron chi connectivity index (χ1n) is 6.01. The van der Waals surface area contributed by atoms with Crippen molar-refractivity contribution < 1.29 is 4.74 Å². The van der Waals surface area contributed by atoms with E-state index in [1.54, 1.807) is 7.11 Å². The lowest BCUT2D eigenvalue weighted by Gasteiger charge is -2.17. The van der Waals surface area contributed by atoms with Gasteiger partial charge in [0.15, 0.2) is 0 Å². The van der Waals surface area contributed by atoms with Crippen LogP contribution in [0.1, 0.15) is 24.2 Å². The molecule has 1 heterocycles. The van der Waals surface area contributed by atoms with Crippen molar-refractivity contribution in [2.24, 2.45) is 7.05 Å². The van der Waals surface area contributed by atoms with Gasteiger partial charge in [-0.25, -0.2) is 0 Å². The lowest BCUT2D eigenvalue weighted by molar-refractivity contribution is 0.408. The zero-order chi connectivity index (χ0) is 13.1. The van der Waals surface area contributed by atoms with E-state index in [2.05, 4.69) is 23.4 Å². The summed E-state index contributed by atoms with van der Waals surface area (Å²) < 4.78 is 7.19. The third kappa shape index (κ3) is 2.47. The lowest BCUT2D eigenvalue weighted by Crippen LogP contribution is -2.08. The van der Waals surface area contributed by atoms with Gasteiger partial charge in [0.2, 0.25) is 0 Å². The average molecular weight is 245 g/mol. The number of hydrogen-bond donors (Lipinski definition) is 1. The summed E-state index contributed by atoms with van der Waals surface area (Å²) in [6, 6.07) is 8.21. The SMILES string of the molecule is COc1ccccc1C(C)Nc1cn(C)nc1C. The van der Waals surface area contributed by atoms with Gasteiger partial charge in [0.05, 0.1) is 24.5 Å². The van der Waals surface area contributed by atoms with Gasteiger partial charge in [-0.2, -0.15) is 5.10 Å². The molecule has 1 aromatic heterocycles. The van der Waals surface area contributed by atoms with Crippen LogP contribution in [-0.2, 0) is 7.05 Å². The first kappa shape index (κ1) is 12.5. The molecule has 18 heavy (non-hydrogen) atoms. The largest absolute Gasteiger partial charge is 0.496 e. The first-order valence-corrected chi connectivity index (χ1v) is 6.01. The maximum Gasteiger partial charge on any atom is 0.124 e. The van der Waals surface area contributed by atoms with E-state index in [-0.39, 0.29) is 6.04 Å². The Hall–Kier alpha value is -1.97. The molecule has 2 aromatic rings. The maximum absolute atomic E-state index is 5.38. The van der Waals surface area contributed by atoms with Crippen molar-refractivity contribution in [2.45, 2.75) is 19.9 Å². The Bertz CT molecular complexity index is 534. The number of anilines is 1. The summed E-state index contributed by atoms with van der Waals surface area (Å²) in [5, 5.41) is 7.78. The van der Waals surface area contributed by atoms with Crippen molar-refractivity contribution in [2.75, 3.05) is 12.4 Å². The number of methoxy groups -OCH3 is 1. The minimum atomic E-state index is 0.170. The Morgan fingerprint density at radius 2 is 2.06 bits per heavy atom. The van der Waals surface area contributed by atoms with Crippen molar-refractivity contribution in [3.8, 4) is 5.75 Å². The van der Waals surface area contributed by atoms with Crippen LogP contribution in [0.15, 0.2) is 30.5 Å². The highest BCUT2D eigenvalue weighted by atomic mass is 16.5. The van der Waals surface area contributed by atoms with Crippen molar-refractivity contribution in [3.05, 3.63) is 41.7 Å². The van der Waals surface area contributed by atoms with Crippen LogP contribution >= 0.6 is 0 Å².